The lowest BCUT2D eigenvalue weighted by molar-refractivity contribution is -0.130. The second-order valence-corrected chi connectivity index (χ2v) is 3.35. The van der Waals surface area contributed by atoms with E-state index in [0.29, 0.717) is 6.42 Å². The lowest BCUT2D eigenvalue weighted by Gasteiger charge is -2.11. The lowest BCUT2D eigenvalue weighted by atomic mass is 10.1. The van der Waals surface area contributed by atoms with Crippen LogP contribution in [0.25, 0.3) is 0 Å². The van der Waals surface area contributed by atoms with E-state index >= 15 is 0 Å². The van der Waals surface area contributed by atoms with Crippen LogP contribution in [0.3, 0.4) is 0 Å². The molecule has 0 amide bonds. The van der Waals surface area contributed by atoms with Crippen molar-refractivity contribution in [2.24, 2.45) is 0 Å². The minimum Gasteiger partial charge on any atom is -0.489 e. The fraction of sp³-hybridized carbons (Fsp3) is 0.818. The molecule has 1 nitrogen and oxygen atoms in total. The van der Waals surface area contributed by atoms with Gasteiger partial charge in [-0.15, -0.1) is 0 Å². The van der Waals surface area contributed by atoms with Crippen molar-refractivity contribution in [1.82, 2.24) is 0 Å². The number of ether oxygens (including phenoxy) is 1. The molecule has 90 valence electrons. The number of rotatable bonds is 7. The summed E-state index contributed by atoms with van der Waals surface area (Å²) in [6.07, 6.45) is 1.17. The van der Waals surface area contributed by atoms with Crippen LogP contribution in [0.2, 0.25) is 0 Å². The van der Waals surface area contributed by atoms with Crippen molar-refractivity contribution < 1.29 is 17.9 Å². The highest BCUT2D eigenvalue weighted by Gasteiger charge is 2.35. The second-order valence-electron chi connectivity index (χ2n) is 3.35. The van der Waals surface area contributed by atoms with Crippen LogP contribution in [-0.2, 0) is 4.74 Å². The molecule has 0 saturated carbocycles. The van der Waals surface area contributed by atoms with Crippen molar-refractivity contribution in [3.8, 4) is 0 Å². The summed E-state index contributed by atoms with van der Waals surface area (Å²) in [6, 6.07) is 0. The molecule has 0 atom stereocenters. The first-order valence-corrected chi connectivity index (χ1v) is 5.42. The van der Waals surface area contributed by atoms with Crippen molar-refractivity contribution in [3.05, 3.63) is 11.8 Å². The van der Waals surface area contributed by atoms with Crippen LogP contribution in [0.15, 0.2) is 11.8 Å². The van der Waals surface area contributed by atoms with Gasteiger partial charge < -0.3 is 4.74 Å². The summed E-state index contributed by atoms with van der Waals surface area (Å²) < 4.78 is 41.4. The van der Waals surface area contributed by atoms with Crippen LogP contribution in [0.4, 0.5) is 13.2 Å². The number of unbranched alkanes of at least 4 members (excludes halogenated alkanes) is 4. The molecule has 0 aromatic rings. The summed E-state index contributed by atoms with van der Waals surface area (Å²) in [6.45, 7) is 3.67. The smallest absolute Gasteiger partial charge is 0.448 e. The van der Waals surface area contributed by atoms with Gasteiger partial charge in [-0.3, -0.25) is 0 Å². The Morgan fingerprint density at radius 1 is 1.13 bits per heavy atom. The summed E-state index contributed by atoms with van der Waals surface area (Å²) in [7, 11) is 0. The third-order valence-corrected chi connectivity index (χ3v) is 1.97. The molecule has 0 rings (SSSR count). The van der Waals surface area contributed by atoms with Gasteiger partial charge in [-0.05, 0) is 25.8 Å². The molecule has 0 aromatic heterocycles. The van der Waals surface area contributed by atoms with Crippen molar-refractivity contribution in [3.63, 3.8) is 0 Å². The molecule has 0 heterocycles. The van der Waals surface area contributed by atoms with Gasteiger partial charge in [-0.1, -0.05) is 26.2 Å². The minimum absolute atomic E-state index is 0.0559. The van der Waals surface area contributed by atoms with E-state index in [9.17, 15) is 13.2 Å². The average molecular weight is 224 g/mol. The van der Waals surface area contributed by atoms with E-state index in [1.807, 2.05) is 0 Å². The SMILES string of the molecule is CCCCCCC=C(OCC)C(F)(F)F. The maximum absolute atomic E-state index is 12.3. The van der Waals surface area contributed by atoms with E-state index < -0.39 is 11.9 Å². The molecule has 0 fully saturated rings. The van der Waals surface area contributed by atoms with Crippen LogP contribution < -0.4 is 0 Å². The van der Waals surface area contributed by atoms with Gasteiger partial charge in [0.15, 0.2) is 5.76 Å². The van der Waals surface area contributed by atoms with Gasteiger partial charge in [-0.2, -0.15) is 13.2 Å². The van der Waals surface area contributed by atoms with Gasteiger partial charge in [0.25, 0.3) is 0 Å². The number of alkyl halides is 3. The normalized spacial score (nSPS) is 13.0. The van der Waals surface area contributed by atoms with E-state index in [1.54, 1.807) is 6.92 Å². The Morgan fingerprint density at radius 2 is 1.80 bits per heavy atom. The second kappa shape index (κ2) is 7.60. The molecule has 0 N–H and O–H groups in total. The van der Waals surface area contributed by atoms with Gasteiger partial charge in [0, 0.05) is 0 Å². The topological polar surface area (TPSA) is 9.23 Å². The zero-order valence-corrected chi connectivity index (χ0v) is 9.36. The van der Waals surface area contributed by atoms with Crippen molar-refractivity contribution >= 4 is 0 Å². The van der Waals surface area contributed by atoms with Crippen molar-refractivity contribution in [2.75, 3.05) is 6.61 Å². The summed E-state index contributed by atoms with van der Waals surface area (Å²) in [5.41, 5.74) is 0. The van der Waals surface area contributed by atoms with E-state index in [4.69, 9.17) is 0 Å². The molecule has 15 heavy (non-hydrogen) atoms. The molecule has 0 aliphatic carbocycles. The fourth-order valence-electron chi connectivity index (χ4n) is 1.22. The van der Waals surface area contributed by atoms with Crippen LogP contribution in [0.1, 0.15) is 46.0 Å². The predicted molar refractivity (Wildman–Crippen MR) is 54.5 cm³/mol. The van der Waals surface area contributed by atoms with Crippen molar-refractivity contribution in [1.29, 1.82) is 0 Å². The summed E-state index contributed by atoms with van der Waals surface area (Å²) in [5.74, 6) is -0.846. The first-order chi connectivity index (χ1) is 7.02. The molecule has 0 bridgehead atoms. The quantitative estimate of drug-likeness (QED) is 0.459. The molecule has 0 unspecified atom stereocenters. The van der Waals surface area contributed by atoms with Crippen LogP contribution in [0, 0.1) is 0 Å². The molecular formula is C11H19F3O. The average Bonchev–Trinajstić information content (AvgIpc) is 2.14. The molecule has 0 spiro atoms. The Balaban J connectivity index is 3.96. The largest absolute Gasteiger partial charge is 0.489 e. The first kappa shape index (κ1) is 14.3. The minimum atomic E-state index is -4.35. The van der Waals surface area contributed by atoms with E-state index in [0.717, 1.165) is 31.8 Å². The molecule has 0 aliphatic rings. The highest BCUT2D eigenvalue weighted by atomic mass is 19.4. The number of halogens is 3. The number of hydrogen-bond acceptors (Lipinski definition) is 1. The maximum atomic E-state index is 12.3. The van der Waals surface area contributed by atoms with Crippen molar-refractivity contribution in [2.45, 2.75) is 52.1 Å². The van der Waals surface area contributed by atoms with Crippen LogP contribution >= 0.6 is 0 Å². The molecule has 0 aliphatic heterocycles. The highest BCUT2D eigenvalue weighted by molar-refractivity contribution is 5.00. The standard InChI is InChI=1S/C11H19F3O/c1-3-5-6-7-8-9-10(15-4-2)11(12,13)14/h9H,3-8H2,1-2H3. The number of allylic oxidation sites excluding steroid dienone is 2. The van der Waals surface area contributed by atoms with Gasteiger partial charge >= 0.3 is 6.18 Å². The highest BCUT2D eigenvalue weighted by Crippen LogP contribution is 2.27. The van der Waals surface area contributed by atoms with Crippen LogP contribution in [0.5, 0.6) is 0 Å². The number of hydrogen-bond donors (Lipinski definition) is 0. The zero-order chi connectivity index (χ0) is 11.7. The molecular weight excluding hydrogens is 205 g/mol. The maximum Gasteiger partial charge on any atom is 0.448 e. The molecule has 0 aromatic carbocycles. The molecule has 0 radical (unpaired) electrons. The Kier molecular flexibility index (Phi) is 7.26. The van der Waals surface area contributed by atoms with Gasteiger partial charge in [0.2, 0.25) is 0 Å². The summed E-state index contributed by atoms with van der Waals surface area (Å²) in [5, 5.41) is 0. The van der Waals surface area contributed by atoms with Crippen LogP contribution in [-0.4, -0.2) is 12.8 Å². The molecule has 4 heteroatoms. The Morgan fingerprint density at radius 3 is 2.27 bits per heavy atom. The fourth-order valence-corrected chi connectivity index (χ4v) is 1.22. The summed E-state index contributed by atoms with van der Waals surface area (Å²) >= 11 is 0. The zero-order valence-electron chi connectivity index (χ0n) is 9.36. The van der Waals surface area contributed by atoms with E-state index in [-0.39, 0.29) is 6.61 Å². The van der Waals surface area contributed by atoms with Gasteiger partial charge in [0.05, 0.1) is 6.61 Å². The van der Waals surface area contributed by atoms with Gasteiger partial charge in [-0.25, -0.2) is 0 Å². The lowest BCUT2D eigenvalue weighted by Crippen LogP contribution is -2.14. The Bertz CT molecular complexity index is 185. The van der Waals surface area contributed by atoms with E-state index in [2.05, 4.69) is 11.7 Å². The molecule has 0 saturated heterocycles. The first-order valence-electron chi connectivity index (χ1n) is 5.42. The predicted octanol–water partition coefficient (Wildman–Crippen LogP) is 4.44. The Hall–Kier alpha value is -0.670. The Labute approximate surface area is 89.3 Å². The van der Waals surface area contributed by atoms with E-state index in [1.165, 1.54) is 0 Å². The third-order valence-electron chi connectivity index (χ3n) is 1.97. The third kappa shape index (κ3) is 7.28. The van der Waals surface area contributed by atoms with Gasteiger partial charge in [0.1, 0.15) is 0 Å². The summed E-state index contributed by atoms with van der Waals surface area (Å²) in [4.78, 5) is 0. The monoisotopic (exact) mass is 224 g/mol.